The normalized spacial score (nSPS) is 22.3. The zero-order chi connectivity index (χ0) is 21.3. The van der Waals surface area contributed by atoms with Crippen molar-refractivity contribution in [3.05, 3.63) is 23.8 Å². The largest absolute Gasteiger partial charge is 0.444 e. The summed E-state index contributed by atoms with van der Waals surface area (Å²) in [4.78, 5) is 30.7. The molecule has 6 heteroatoms. The second-order valence-corrected chi connectivity index (χ2v) is 9.31. The molecule has 2 aliphatic rings. The summed E-state index contributed by atoms with van der Waals surface area (Å²) >= 11 is 0. The van der Waals surface area contributed by atoms with Crippen LogP contribution in [0.5, 0.6) is 0 Å². The number of amides is 2. The first-order chi connectivity index (χ1) is 13.6. The highest BCUT2D eigenvalue weighted by Gasteiger charge is 2.33. The van der Waals surface area contributed by atoms with Gasteiger partial charge in [0.15, 0.2) is 0 Å². The van der Waals surface area contributed by atoms with Crippen molar-refractivity contribution in [1.82, 2.24) is 4.90 Å². The number of carbonyl (C=O) groups is 2. The van der Waals surface area contributed by atoms with Gasteiger partial charge in [0.05, 0.1) is 0 Å². The first-order valence-corrected chi connectivity index (χ1v) is 10.8. The smallest absolute Gasteiger partial charge is 0.410 e. The van der Waals surface area contributed by atoms with E-state index in [4.69, 9.17) is 4.74 Å². The number of fused-ring (bicyclic) bond motifs is 1. The maximum atomic E-state index is 12.3. The maximum Gasteiger partial charge on any atom is 0.410 e. The lowest BCUT2D eigenvalue weighted by atomic mass is 9.85. The van der Waals surface area contributed by atoms with Crippen LogP contribution in [0.25, 0.3) is 0 Å². The van der Waals surface area contributed by atoms with Gasteiger partial charge >= 0.3 is 6.09 Å². The summed E-state index contributed by atoms with van der Waals surface area (Å²) in [5.41, 5.74) is 2.99. The van der Waals surface area contributed by atoms with Crippen LogP contribution in [0.1, 0.15) is 53.5 Å². The van der Waals surface area contributed by atoms with E-state index in [-0.39, 0.29) is 18.0 Å². The standard InChI is InChI=1S/C23H35N3O3/c1-7-20-16(2)14-18-15-19(8-9-21(18)26(20)17(3)27)24-10-12-25(13-11-24)22(28)29-23(4,5)6/h8-9,15-16,20H,7,10-14H2,1-6H3/t16?,20-/m0/s1. The average Bonchev–Trinajstić information content (AvgIpc) is 2.65. The molecule has 0 radical (unpaired) electrons. The average molecular weight is 402 g/mol. The quantitative estimate of drug-likeness (QED) is 0.750. The topological polar surface area (TPSA) is 53.1 Å². The van der Waals surface area contributed by atoms with Gasteiger partial charge in [-0.05, 0) is 63.3 Å². The van der Waals surface area contributed by atoms with Crippen molar-refractivity contribution in [3.63, 3.8) is 0 Å². The van der Waals surface area contributed by atoms with E-state index in [1.165, 1.54) is 11.3 Å². The molecule has 160 valence electrons. The number of rotatable bonds is 2. The van der Waals surface area contributed by atoms with E-state index in [1.807, 2.05) is 25.7 Å². The van der Waals surface area contributed by atoms with Crippen LogP contribution in [0.3, 0.4) is 0 Å². The number of hydrogen-bond donors (Lipinski definition) is 0. The molecule has 0 N–H and O–H groups in total. The van der Waals surface area contributed by atoms with Crippen LogP contribution in [0.4, 0.5) is 16.2 Å². The summed E-state index contributed by atoms with van der Waals surface area (Å²) in [5.74, 6) is 0.555. The van der Waals surface area contributed by atoms with Crippen molar-refractivity contribution in [3.8, 4) is 0 Å². The molecule has 2 aliphatic heterocycles. The third kappa shape index (κ3) is 4.68. The number of nitrogens with zero attached hydrogens (tertiary/aromatic N) is 3. The van der Waals surface area contributed by atoms with Crippen LogP contribution in [-0.4, -0.2) is 54.7 Å². The van der Waals surface area contributed by atoms with Crippen LogP contribution in [-0.2, 0) is 16.0 Å². The fourth-order valence-electron chi connectivity index (χ4n) is 4.54. The molecule has 0 aromatic heterocycles. The van der Waals surface area contributed by atoms with E-state index in [0.29, 0.717) is 19.0 Å². The Kier molecular flexibility index (Phi) is 6.11. The Labute approximate surface area is 174 Å². The minimum atomic E-state index is -0.470. The van der Waals surface area contributed by atoms with E-state index in [0.717, 1.165) is 31.6 Å². The Morgan fingerprint density at radius 2 is 1.79 bits per heavy atom. The number of benzene rings is 1. The van der Waals surface area contributed by atoms with E-state index in [2.05, 4.69) is 36.9 Å². The summed E-state index contributed by atoms with van der Waals surface area (Å²) in [6.07, 6.45) is 1.72. The zero-order valence-electron chi connectivity index (χ0n) is 18.7. The molecule has 1 unspecified atom stereocenters. The first-order valence-electron chi connectivity index (χ1n) is 10.8. The summed E-state index contributed by atoms with van der Waals surface area (Å²) in [7, 11) is 0. The van der Waals surface area contributed by atoms with Crippen LogP contribution in [0.15, 0.2) is 18.2 Å². The minimum Gasteiger partial charge on any atom is -0.444 e. The second kappa shape index (κ2) is 8.25. The molecule has 1 aromatic rings. The number of hydrogen-bond acceptors (Lipinski definition) is 4. The van der Waals surface area contributed by atoms with Gasteiger partial charge in [-0.2, -0.15) is 0 Å². The Morgan fingerprint density at radius 1 is 1.14 bits per heavy atom. The van der Waals surface area contributed by atoms with Gasteiger partial charge in [-0.15, -0.1) is 0 Å². The number of carbonyl (C=O) groups excluding carboxylic acids is 2. The summed E-state index contributed by atoms with van der Waals surface area (Å²) in [6.45, 7) is 14.6. The van der Waals surface area contributed by atoms with Gasteiger partial charge in [0.1, 0.15) is 5.60 Å². The lowest BCUT2D eigenvalue weighted by Crippen LogP contribution is -2.50. The highest BCUT2D eigenvalue weighted by atomic mass is 16.6. The van der Waals surface area contributed by atoms with Gasteiger partial charge in [0.25, 0.3) is 0 Å². The lowest BCUT2D eigenvalue weighted by Gasteiger charge is -2.41. The Bertz CT molecular complexity index is 763. The number of ether oxygens (including phenoxy) is 1. The molecule has 1 aromatic carbocycles. The monoisotopic (exact) mass is 401 g/mol. The Hall–Kier alpha value is -2.24. The van der Waals surface area contributed by atoms with Gasteiger partial charge in [-0.25, -0.2) is 4.79 Å². The minimum absolute atomic E-state index is 0.114. The lowest BCUT2D eigenvalue weighted by molar-refractivity contribution is -0.117. The molecule has 3 rings (SSSR count). The molecule has 0 saturated carbocycles. The molecule has 1 saturated heterocycles. The predicted octanol–water partition coefficient (Wildman–Crippen LogP) is 4.07. The van der Waals surface area contributed by atoms with Crippen LogP contribution < -0.4 is 9.80 Å². The summed E-state index contributed by atoms with van der Waals surface area (Å²) < 4.78 is 5.49. The highest BCUT2D eigenvalue weighted by molar-refractivity contribution is 5.94. The van der Waals surface area contributed by atoms with Crippen molar-refractivity contribution < 1.29 is 14.3 Å². The SMILES string of the molecule is CC[C@H]1C(C)Cc2cc(N3CCN(C(=O)OC(C)(C)C)CC3)ccc2N1C(C)=O. The second-order valence-electron chi connectivity index (χ2n) is 9.31. The fraction of sp³-hybridized carbons (Fsp3) is 0.652. The molecule has 0 bridgehead atoms. The first kappa shape index (κ1) is 21.5. The zero-order valence-corrected chi connectivity index (χ0v) is 18.7. The van der Waals surface area contributed by atoms with Gasteiger partial charge in [-0.1, -0.05) is 13.8 Å². The number of anilines is 2. The van der Waals surface area contributed by atoms with Crippen LogP contribution in [0, 0.1) is 5.92 Å². The fourth-order valence-corrected chi connectivity index (χ4v) is 4.54. The van der Waals surface area contributed by atoms with Gasteiger partial charge in [0, 0.05) is 50.5 Å². The molecule has 6 nitrogen and oxygen atoms in total. The van der Waals surface area contributed by atoms with Crippen molar-refractivity contribution >= 4 is 23.4 Å². The molecule has 2 atom stereocenters. The third-order valence-corrected chi connectivity index (χ3v) is 5.91. The van der Waals surface area contributed by atoms with Crippen LogP contribution >= 0.6 is 0 Å². The molecular weight excluding hydrogens is 366 g/mol. The summed E-state index contributed by atoms with van der Waals surface area (Å²) in [6, 6.07) is 6.71. The van der Waals surface area contributed by atoms with E-state index in [1.54, 1.807) is 11.8 Å². The third-order valence-electron chi connectivity index (χ3n) is 5.91. The van der Waals surface area contributed by atoms with E-state index >= 15 is 0 Å². The number of piperazine rings is 1. The predicted molar refractivity (Wildman–Crippen MR) is 117 cm³/mol. The Balaban J connectivity index is 1.72. The van der Waals surface area contributed by atoms with Crippen molar-refractivity contribution in [2.75, 3.05) is 36.0 Å². The van der Waals surface area contributed by atoms with Crippen LogP contribution in [0.2, 0.25) is 0 Å². The van der Waals surface area contributed by atoms with Crippen molar-refractivity contribution in [1.29, 1.82) is 0 Å². The van der Waals surface area contributed by atoms with Gasteiger partial charge < -0.3 is 19.4 Å². The highest BCUT2D eigenvalue weighted by Crippen LogP contribution is 2.37. The molecule has 0 spiro atoms. The Morgan fingerprint density at radius 3 is 2.34 bits per heavy atom. The maximum absolute atomic E-state index is 12.3. The molecular formula is C23H35N3O3. The van der Waals surface area contributed by atoms with Crippen molar-refractivity contribution in [2.45, 2.75) is 66.0 Å². The summed E-state index contributed by atoms with van der Waals surface area (Å²) in [5, 5.41) is 0. The van der Waals surface area contributed by atoms with E-state index < -0.39 is 5.60 Å². The molecule has 2 heterocycles. The molecule has 2 amide bonds. The molecule has 1 fully saturated rings. The van der Waals surface area contributed by atoms with Gasteiger partial charge in [-0.3, -0.25) is 4.79 Å². The van der Waals surface area contributed by atoms with Crippen molar-refractivity contribution in [2.24, 2.45) is 5.92 Å². The van der Waals surface area contributed by atoms with Gasteiger partial charge in [0.2, 0.25) is 5.91 Å². The van der Waals surface area contributed by atoms with E-state index in [9.17, 15) is 9.59 Å². The molecule has 0 aliphatic carbocycles. The molecule has 29 heavy (non-hydrogen) atoms.